The van der Waals surface area contributed by atoms with E-state index >= 15 is 0 Å². The number of ether oxygens (including phenoxy) is 1. The first kappa shape index (κ1) is 19.6. The van der Waals surface area contributed by atoms with Gasteiger partial charge < -0.3 is 20.3 Å². The summed E-state index contributed by atoms with van der Waals surface area (Å²) < 4.78 is 6.23. The number of carbonyl (C=O) groups is 1. The van der Waals surface area contributed by atoms with Crippen molar-refractivity contribution in [1.82, 2.24) is 9.88 Å². The second-order valence-corrected chi connectivity index (χ2v) is 8.09. The Labute approximate surface area is 171 Å². The highest BCUT2D eigenvalue weighted by Crippen LogP contribution is 2.30. The topological polar surface area (TPSA) is 95.5 Å². The average Bonchev–Trinajstić information content (AvgIpc) is 2.73. The van der Waals surface area contributed by atoms with Crippen molar-refractivity contribution in [1.29, 1.82) is 5.26 Å². The predicted molar refractivity (Wildman–Crippen MR) is 111 cm³/mol. The van der Waals surface area contributed by atoms with Gasteiger partial charge in [-0.05, 0) is 57.1 Å². The third-order valence-electron chi connectivity index (χ3n) is 5.99. The van der Waals surface area contributed by atoms with Crippen LogP contribution < -0.4 is 10.6 Å². The van der Waals surface area contributed by atoms with E-state index in [0.717, 1.165) is 62.2 Å². The first-order valence-corrected chi connectivity index (χ1v) is 10.2. The standard InChI is InChI=1S/C22H27N5O2/c1-15-12-27(20-5-4-17(11-23)21-19(20)3-2-8-25-21)14-18(29-15)13-26-9-6-16(7-10-26)22(24)28/h2-5,8,15-16,18H,6-7,9-10,12-14H2,1H3,(H2,24,28)/t15-,18+/m1/s1. The first-order valence-electron chi connectivity index (χ1n) is 10.2. The molecule has 2 aliphatic heterocycles. The molecule has 0 bridgehead atoms. The fourth-order valence-corrected chi connectivity index (χ4v) is 4.55. The van der Waals surface area contributed by atoms with Gasteiger partial charge in [-0.15, -0.1) is 0 Å². The molecule has 2 atom stereocenters. The van der Waals surface area contributed by atoms with Crippen molar-refractivity contribution < 1.29 is 9.53 Å². The number of nitrogens with two attached hydrogens (primary N) is 1. The van der Waals surface area contributed by atoms with Crippen LogP contribution in [-0.2, 0) is 9.53 Å². The monoisotopic (exact) mass is 393 g/mol. The lowest BCUT2D eigenvalue weighted by atomic mass is 9.96. The third kappa shape index (κ3) is 4.19. The SMILES string of the molecule is C[C@@H]1CN(c2ccc(C#N)c3ncccc23)C[C@H](CN2CCC(C(N)=O)CC2)O1. The van der Waals surface area contributed by atoms with Crippen LogP contribution in [0, 0.1) is 17.2 Å². The van der Waals surface area contributed by atoms with Crippen LogP contribution >= 0.6 is 0 Å². The van der Waals surface area contributed by atoms with Gasteiger partial charge in [0.25, 0.3) is 0 Å². The Balaban J connectivity index is 1.50. The number of fused-ring (bicyclic) bond motifs is 1. The van der Waals surface area contributed by atoms with Crippen LogP contribution in [-0.4, -0.2) is 60.7 Å². The zero-order valence-corrected chi connectivity index (χ0v) is 16.8. The maximum absolute atomic E-state index is 11.4. The lowest BCUT2D eigenvalue weighted by Gasteiger charge is -2.41. The third-order valence-corrected chi connectivity index (χ3v) is 5.99. The molecule has 2 saturated heterocycles. The van der Waals surface area contributed by atoms with Gasteiger partial charge in [-0.2, -0.15) is 5.26 Å². The average molecular weight is 393 g/mol. The van der Waals surface area contributed by atoms with E-state index in [0.29, 0.717) is 5.56 Å². The molecule has 4 rings (SSSR count). The van der Waals surface area contributed by atoms with Crippen molar-refractivity contribution in [3.63, 3.8) is 0 Å². The van der Waals surface area contributed by atoms with E-state index in [4.69, 9.17) is 10.5 Å². The van der Waals surface area contributed by atoms with E-state index in [9.17, 15) is 10.1 Å². The number of primary amides is 1. The fraction of sp³-hybridized carbons (Fsp3) is 0.500. The summed E-state index contributed by atoms with van der Waals surface area (Å²) in [6.07, 6.45) is 3.58. The van der Waals surface area contributed by atoms with E-state index in [-0.39, 0.29) is 24.0 Å². The van der Waals surface area contributed by atoms with Crippen LogP contribution in [0.15, 0.2) is 30.5 Å². The number of piperidine rings is 1. The molecule has 7 heteroatoms. The Bertz CT molecular complexity index is 932. The molecule has 1 amide bonds. The van der Waals surface area contributed by atoms with Gasteiger partial charge in [-0.25, -0.2) is 0 Å². The summed E-state index contributed by atoms with van der Waals surface area (Å²) in [6, 6.07) is 10.1. The van der Waals surface area contributed by atoms with Gasteiger partial charge in [0.2, 0.25) is 5.91 Å². The molecule has 2 N–H and O–H groups in total. The molecule has 2 fully saturated rings. The number of amides is 1. The van der Waals surface area contributed by atoms with Gasteiger partial charge in [0.15, 0.2) is 0 Å². The molecule has 0 saturated carbocycles. The number of rotatable bonds is 4. The number of hydrogen-bond donors (Lipinski definition) is 1. The summed E-state index contributed by atoms with van der Waals surface area (Å²) in [5, 5.41) is 10.4. The van der Waals surface area contributed by atoms with Gasteiger partial charge in [0.1, 0.15) is 6.07 Å². The van der Waals surface area contributed by atoms with Crippen molar-refractivity contribution in [2.75, 3.05) is 37.6 Å². The molecule has 1 aromatic carbocycles. The maximum atomic E-state index is 11.4. The molecule has 0 unspecified atom stereocenters. The van der Waals surface area contributed by atoms with E-state index < -0.39 is 0 Å². The van der Waals surface area contributed by atoms with Gasteiger partial charge in [-0.3, -0.25) is 9.78 Å². The Morgan fingerprint density at radius 1 is 1.31 bits per heavy atom. The minimum atomic E-state index is -0.181. The summed E-state index contributed by atoms with van der Waals surface area (Å²) in [5.74, 6) is -0.175. The first-order chi connectivity index (χ1) is 14.0. The van der Waals surface area contributed by atoms with Crippen LogP contribution in [0.25, 0.3) is 10.9 Å². The molecule has 0 spiro atoms. The second-order valence-electron chi connectivity index (χ2n) is 8.09. The molecular formula is C22H27N5O2. The van der Waals surface area contributed by atoms with Gasteiger partial charge in [0, 0.05) is 42.8 Å². The number of benzene rings is 1. The molecule has 29 heavy (non-hydrogen) atoms. The van der Waals surface area contributed by atoms with Crippen LogP contribution in [0.4, 0.5) is 5.69 Å². The van der Waals surface area contributed by atoms with Crippen molar-refractivity contribution in [2.24, 2.45) is 11.7 Å². The van der Waals surface area contributed by atoms with E-state index in [1.165, 1.54) is 0 Å². The number of anilines is 1. The Kier molecular flexibility index (Phi) is 5.65. The minimum Gasteiger partial charge on any atom is -0.370 e. The maximum Gasteiger partial charge on any atom is 0.220 e. The van der Waals surface area contributed by atoms with Gasteiger partial charge in [-0.1, -0.05) is 0 Å². The molecule has 0 radical (unpaired) electrons. The van der Waals surface area contributed by atoms with Crippen LogP contribution in [0.3, 0.4) is 0 Å². The zero-order valence-electron chi connectivity index (χ0n) is 16.8. The molecule has 0 aliphatic carbocycles. The number of likely N-dealkylation sites (tertiary alicyclic amines) is 1. The molecule has 2 aliphatic rings. The Morgan fingerprint density at radius 2 is 2.10 bits per heavy atom. The smallest absolute Gasteiger partial charge is 0.220 e. The predicted octanol–water partition coefficient (Wildman–Crippen LogP) is 1.90. The lowest BCUT2D eigenvalue weighted by molar-refractivity contribution is -0.123. The molecule has 7 nitrogen and oxygen atoms in total. The fourth-order valence-electron chi connectivity index (χ4n) is 4.55. The molecule has 1 aromatic heterocycles. The highest BCUT2D eigenvalue weighted by atomic mass is 16.5. The number of aromatic nitrogens is 1. The number of pyridine rings is 1. The molecule has 2 aromatic rings. The minimum absolute atomic E-state index is 0.00598. The van der Waals surface area contributed by atoms with Gasteiger partial charge >= 0.3 is 0 Å². The normalized spacial score (nSPS) is 23.8. The summed E-state index contributed by atoms with van der Waals surface area (Å²) in [5.41, 5.74) is 7.89. The largest absolute Gasteiger partial charge is 0.370 e. The van der Waals surface area contributed by atoms with E-state index in [1.54, 1.807) is 6.20 Å². The second kappa shape index (κ2) is 8.36. The van der Waals surface area contributed by atoms with Crippen LogP contribution in [0.2, 0.25) is 0 Å². The van der Waals surface area contributed by atoms with Crippen molar-refractivity contribution in [2.45, 2.75) is 32.0 Å². The zero-order chi connectivity index (χ0) is 20.4. The molecule has 152 valence electrons. The van der Waals surface area contributed by atoms with Crippen LogP contribution in [0.5, 0.6) is 0 Å². The highest BCUT2D eigenvalue weighted by Gasteiger charge is 2.30. The van der Waals surface area contributed by atoms with Crippen molar-refractivity contribution in [3.05, 3.63) is 36.0 Å². The summed E-state index contributed by atoms with van der Waals surface area (Å²) >= 11 is 0. The van der Waals surface area contributed by atoms with Crippen molar-refractivity contribution in [3.8, 4) is 6.07 Å². The summed E-state index contributed by atoms with van der Waals surface area (Å²) in [6.45, 7) is 6.30. The number of carbonyl (C=O) groups excluding carboxylic acids is 1. The summed E-state index contributed by atoms with van der Waals surface area (Å²) in [4.78, 5) is 20.5. The molecular weight excluding hydrogens is 366 g/mol. The Morgan fingerprint density at radius 3 is 2.83 bits per heavy atom. The lowest BCUT2D eigenvalue weighted by Crippen LogP contribution is -2.52. The van der Waals surface area contributed by atoms with E-state index in [2.05, 4.69) is 27.8 Å². The van der Waals surface area contributed by atoms with Crippen LogP contribution in [0.1, 0.15) is 25.3 Å². The highest BCUT2D eigenvalue weighted by molar-refractivity contribution is 5.95. The number of nitrogens with zero attached hydrogens (tertiary/aromatic N) is 4. The van der Waals surface area contributed by atoms with Crippen molar-refractivity contribution >= 4 is 22.5 Å². The quantitative estimate of drug-likeness (QED) is 0.852. The summed E-state index contributed by atoms with van der Waals surface area (Å²) in [7, 11) is 0. The number of morpholine rings is 1. The number of hydrogen-bond acceptors (Lipinski definition) is 6. The van der Waals surface area contributed by atoms with E-state index in [1.807, 2.05) is 24.3 Å². The van der Waals surface area contributed by atoms with Gasteiger partial charge in [0.05, 0.1) is 23.3 Å². The molecule has 3 heterocycles. The number of nitriles is 1. The Hall–Kier alpha value is -2.69.